The van der Waals surface area contributed by atoms with Crippen molar-refractivity contribution in [2.24, 2.45) is 5.92 Å². The van der Waals surface area contributed by atoms with Crippen LogP contribution in [0.4, 0.5) is 11.4 Å². The van der Waals surface area contributed by atoms with Crippen LogP contribution in [0.15, 0.2) is 84.9 Å². The van der Waals surface area contributed by atoms with Gasteiger partial charge >= 0.3 is 0 Å². The molecule has 8 atom stereocenters. The number of fused-ring (bicyclic) bond motifs is 2. The molecule has 264 valence electrons. The Balaban J connectivity index is 1.14. The van der Waals surface area contributed by atoms with E-state index in [1.54, 1.807) is 72.5 Å². The first-order valence-corrected chi connectivity index (χ1v) is 16.5. The average Bonchev–Trinajstić information content (AvgIpc) is 3.34. The van der Waals surface area contributed by atoms with Gasteiger partial charge in [0.25, 0.3) is 11.8 Å². The number of hydrogen-bond donors (Lipinski definition) is 7. The minimum absolute atomic E-state index is 0.0264. The largest absolute Gasteiger partial charge is 0.394 e. The van der Waals surface area contributed by atoms with Gasteiger partial charge in [-0.3, -0.25) is 14.4 Å². The van der Waals surface area contributed by atoms with Gasteiger partial charge in [0.05, 0.1) is 24.9 Å². The van der Waals surface area contributed by atoms with Crippen molar-refractivity contribution in [2.75, 3.05) is 16.8 Å². The third kappa shape index (κ3) is 6.56. The molecule has 1 fully saturated rings. The van der Waals surface area contributed by atoms with Gasteiger partial charge in [0, 0.05) is 30.1 Å². The Hall–Kier alpha value is -4.47. The normalized spacial score (nSPS) is 28.3. The smallest absolute Gasteiger partial charge is 0.264 e. The summed E-state index contributed by atoms with van der Waals surface area (Å²) in [5.74, 6) is -2.32. The molecule has 0 saturated carbocycles. The van der Waals surface area contributed by atoms with Crippen LogP contribution in [0.2, 0.25) is 0 Å². The number of anilines is 2. The molecule has 3 aliphatic heterocycles. The van der Waals surface area contributed by atoms with E-state index in [4.69, 9.17) is 4.74 Å². The summed E-state index contributed by atoms with van der Waals surface area (Å²) in [7, 11) is 0. The van der Waals surface area contributed by atoms with Gasteiger partial charge in [-0.25, -0.2) is 0 Å². The molecule has 3 heterocycles. The summed E-state index contributed by atoms with van der Waals surface area (Å²) < 4.78 is 5.01. The molecule has 3 aromatic carbocycles. The van der Waals surface area contributed by atoms with Crippen LogP contribution in [0.3, 0.4) is 0 Å². The lowest BCUT2D eigenvalue weighted by Gasteiger charge is -2.37. The van der Waals surface area contributed by atoms with Crippen molar-refractivity contribution < 1.29 is 49.8 Å². The number of para-hydroxylation sites is 1. The van der Waals surface area contributed by atoms with Gasteiger partial charge in [-0.05, 0) is 41.3 Å². The van der Waals surface area contributed by atoms with Crippen LogP contribution in [0.1, 0.15) is 35.6 Å². The minimum atomic E-state index is -1.93. The van der Waals surface area contributed by atoms with Gasteiger partial charge in [0.2, 0.25) is 5.91 Å². The van der Waals surface area contributed by atoms with Gasteiger partial charge in [-0.1, -0.05) is 73.7 Å². The zero-order valence-corrected chi connectivity index (χ0v) is 27.4. The molecule has 0 unspecified atom stereocenters. The predicted octanol–water partition coefficient (Wildman–Crippen LogP) is 0.688. The highest BCUT2D eigenvalue weighted by Gasteiger charge is 2.52. The minimum Gasteiger partial charge on any atom is -0.394 e. The van der Waals surface area contributed by atoms with Gasteiger partial charge in [-0.2, -0.15) is 0 Å². The molecule has 3 amide bonds. The number of nitrogens with one attached hydrogen (secondary N) is 1. The van der Waals surface area contributed by atoms with Crippen LogP contribution >= 0.6 is 0 Å². The van der Waals surface area contributed by atoms with Crippen molar-refractivity contribution in [3.63, 3.8) is 0 Å². The maximum Gasteiger partial charge on any atom is 0.264 e. The zero-order chi connectivity index (χ0) is 35.7. The van der Waals surface area contributed by atoms with E-state index < -0.39 is 54.0 Å². The number of nitrogens with zero attached hydrogens (tertiary/aromatic N) is 2. The standard InChI is InChI=1S/C37H41N3O10/c1-21(8-6-15-29(42)39-19-24-11-3-2-10-23(24)17-26(39)20-41)37(49)27-13-4-5-14-28(27)40(36(37)48)18-22-9-7-12-25(16-22)38-34(46)33-31(44)30(43)32(45)35(47)50-33/h2-14,16,21,26,30-33,35,41,43-45,47,49H,15,17-20H2,1H3,(H,38,46)/b8-6+/t21-,26+,30+,31+,32-,33+,35-,37+/m1/s1. The fourth-order valence-corrected chi connectivity index (χ4v) is 6.95. The number of amides is 3. The molecule has 50 heavy (non-hydrogen) atoms. The van der Waals surface area contributed by atoms with Crippen molar-refractivity contribution in [3.8, 4) is 0 Å². The third-order valence-corrected chi connectivity index (χ3v) is 9.82. The SMILES string of the molecule is C[C@H](/C=C/CC(=O)N1Cc2ccccc2C[C@H]1CO)[C@@]1(O)C(=O)N(Cc2cccc(NC(=O)[C@H]3O[C@@H](O)[C@H](O)[C@@H](O)[C@@H]3O)c2)c2ccccc21. The predicted molar refractivity (Wildman–Crippen MR) is 180 cm³/mol. The van der Waals surface area contributed by atoms with Crippen LogP contribution in [0.25, 0.3) is 0 Å². The van der Waals surface area contributed by atoms with E-state index >= 15 is 0 Å². The number of aliphatic hydroxyl groups is 6. The van der Waals surface area contributed by atoms with Gasteiger partial charge in [-0.15, -0.1) is 0 Å². The van der Waals surface area contributed by atoms with Crippen LogP contribution < -0.4 is 10.2 Å². The van der Waals surface area contributed by atoms with Crippen LogP contribution in [-0.2, 0) is 44.2 Å². The summed E-state index contributed by atoms with van der Waals surface area (Å²) in [5.41, 5.74) is 1.99. The first-order valence-electron chi connectivity index (χ1n) is 16.5. The van der Waals surface area contributed by atoms with Crippen molar-refractivity contribution >= 4 is 29.1 Å². The van der Waals surface area contributed by atoms with Crippen LogP contribution in [0.5, 0.6) is 0 Å². The summed E-state index contributed by atoms with van der Waals surface area (Å²) >= 11 is 0. The molecule has 6 rings (SSSR count). The molecule has 0 spiro atoms. The van der Waals surface area contributed by atoms with Gasteiger partial charge < -0.3 is 50.5 Å². The fraction of sp³-hybridized carbons (Fsp3) is 0.378. The summed E-state index contributed by atoms with van der Waals surface area (Å²) in [5, 5.41) is 64.2. The number of hydrogen-bond acceptors (Lipinski definition) is 10. The van der Waals surface area contributed by atoms with E-state index in [0.29, 0.717) is 29.8 Å². The summed E-state index contributed by atoms with van der Waals surface area (Å²) in [6.07, 6.45) is -5.01. The maximum absolute atomic E-state index is 14.0. The molecule has 13 nitrogen and oxygen atoms in total. The quantitative estimate of drug-likeness (QED) is 0.157. The number of carbonyl (C=O) groups is 3. The summed E-state index contributed by atoms with van der Waals surface area (Å²) in [4.78, 5) is 43.3. The molecule has 0 aliphatic carbocycles. The van der Waals surface area contributed by atoms with Crippen molar-refractivity contribution in [3.05, 3.63) is 107 Å². The lowest BCUT2D eigenvalue weighted by atomic mass is 9.83. The topological polar surface area (TPSA) is 200 Å². The van der Waals surface area contributed by atoms with Crippen LogP contribution in [-0.4, -0.2) is 96.6 Å². The fourth-order valence-electron chi connectivity index (χ4n) is 6.95. The molecule has 0 bridgehead atoms. The second-order valence-electron chi connectivity index (χ2n) is 13.0. The van der Waals surface area contributed by atoms with Crippen molar-refractivity contribution in [2.45, 2.75) is 75.2 Å². The molecular formula is C37H41N3O10. The van der Waals surface area contributed by atoms with Crippen molar-refractivity contribution in [1.29, 1.82) is 0 Å². The third-order valence-electron chi connectivity index (χ3n) is 9.82. The molecule has 3 aliphatic rings. The van der Waals surface area contributed by atoms with Gasteiger partial charge in [0.15, 0.2) is 18.0 Å². The number of carbonyl (C=O) groups excluding carboxylic acids is 3. The second kappa shape index (κ2) is 14.4. The van der Waals surface area contributed by atoms with E-state index in [0.717, 1.165) is 11.1 Å². The highest BCUT2D eigenvalue weighted by atomic mass is 16.6. The van der Waals surface area contributed by atoms with E-state index in [-0.39, 0.29) is 37.2 Å². The lowest BCUT2D eigenvalue weighted by molar-refractivity contribution is -0.274. The molecule has 7 N–H and O–H groups in total. The summed E-state index contributed by atoms with van der Waals surface area (Å²) in [6, 6.07) is 20.9. The van der Waals surface area contributed by atoms with E-state index in [9.17, 15) is 45.0 Å². The molecule has 13 heteroatoms. The molecule has 0 aromatic heterocycles. The lowest BCUT2D eigenvalue weighted by Crippen LogP contribution is -2.60. The summed E-state index contributed by atoms with van der Waals surface area (Å²) in [6.45, 7) is 1.97. The average molecular weight is 688 g/mol. The molecule has 1 saturated heterocycles. The molecule has 0 radical (unpaired) electrons. The Morgan fingerprint density at radius 2 is 1.70 bits per heavy atom. The van der Waals surface area contributed by atoms with Crippen molar-refractivity contribution in [1.82, 2.24) is 4.90 Å². The highest BCUT2D eigenvalue weighted by molar-refractivity contribution is 6.07. The second-order valence-corrected chi connectivity index (χ2v) is 13.0. The highest BCUT2D eigenvalue weighted by Crippen LogP contribution is 2.45. The maximum atomic E-state index is 14.0. The zero-order valence-electron chi connectivity index (χ0n) is 27.4. The van der Waals surface area contributed by atoms with E-state index in [2.05, 4.69) is 5.32 Å². The molecule has 3 aromatic rings. The monoisotopic (exact) mass is 687 g/mol. The Labute approximate surface area is 288 Å². The van der Waals surface area contributed by atoms with Crippen LogP contribution in [0, 0.1) is 5.92 Å². The number of ether oxygens (including phenoxy) is 1. The Morgan fingerprint density at radius 1 is 0.980 bits per heavy atom. The Bertz CT molecular complexity index is 1780. The number of rotatable bonds is 9. The molecular weight excluding hydrogens is 646 g/mol. The first-order chi connectivity index (χ1) is 23.9. The first kappa shape index (κ1) is 35.4. The Morgan fingerprint density at radius 3 is 2.46 bits per heavy atom. The Kier molecular flexibility index (Phi) is 10.2. The van der Waals surface area contributed by atoms with E-state index in [1.165, 1.54) is 4.90 Å². The van der Waals surface area contributed by atoms with E-state index in [1.807, 2.05) is 24.3 Å². The number of aliphatic hydroxyl groups excluding tert-OH is 5. The number of benzene rings is 3. The van der Waals surface area contributed by atoms with Gasteiger partial charge in [0.1, 0.15) is 18.3 Å².